The Bertz CT molecular complexity index is 444. The molecule has 2 rings (SSSR count). The van der Waals surface area contributed by atoms with E-state index >= 15 is 0 Å². The molecule has 1 aliphatic rings. The van der Waals surface area contributed by atoms with Gasteiger partial charge in [-0.15, -0.1) is 12.4 Å². The van der Waals surface area contributed by atoms with Crippen molar-refractivity contribution in [3.63, 3.8) is 0 Å². The van der Waals surface area contributed by atoms with E-state index in [1.54, 1.807) is 7.11 Å². The van der Waals surface area contributed by atoms with Gasteiger partial charge < -0.3 is 20.1 Å². The normalized spacial score (nSPS) is 20.7. The van der Waals surface area contributed by atoms with Crippen molar-refractivity contribution in [1.82, 2.24) is 4.90 Å². The fourth-order valence-corrected chi connectivity index (χ4v) is 2.65. The number of methoxy groups -OCH3 is 1. The van der Waals surface area contributed by atoms with Crippen molar-refractivity contribution in [3.8, 4) is 0 Å². The second-order valence-corrected chi connectivity index (χ2v) is 5.33. The molecule has 0 bridgehead atoms. The second kappa shape index (κ2) is 9.79. The average Bonchev–Trinajstić information content (AvgIpc) is 2.90. The van der Waals surface area contributed by atoms with Crippen LogP contribution in [0.1, 0.15) is 17.9 Å². The van der Waals surface area contributed by atoms with Crippen LogP contribution >= 0.6 is 12.4 Å². The van der Waals surface area contributed by atoms with E-state index in [2.05, 4.69) is 12.1 Å². The van der Waals surface area contributed by atoms with E-state index in [0.29, 0.717) is 39.3 Å². The minimum absolute atomic E-state index is 0. The fraction of sp³-hybridized carbons (Fsp3) is 0.562. The number of halogens is 1. The monoisotopic (exact) mass is 328 g/mol. The lowest BCUT2D eigenvalue weighted by Gasteiger charge is -2.16. The van der Waals surface area contributed by atoms with E-state index in [1.165, 1.54) is 5.56 Å². The van der Waals surface area contributed by atoms with Crippen LogP contribution in [0, 0.1) is 0 Å². The highest BCUT2D eigenvalue weighted by Crippen LogP contribution is 2.26. The van der Waals surface area contributed by atoms with Gasteiger partial charge in [-0.3, -0.25) is 4.79 Å². The van der Waals surface area contributed by atoms with Crippen LogP contribution in [0.15, 0.2) is 30.3 Å². The Morgan fingerprint density at radius 1 is 1.23 bits per heavy atom. The molecule has 6 heteroatoms. The molecular formula is C16H25ClN2O3. The highest BCUT2D eigenvalue weighted by Gasteiger charge is 2.33. The number of amides is 1. The third-order valence-electron chi connectivity index (χ3n) is 3.84. The molecule has 124 valence electrons. The first kappa shape index (κ1) is 18.9. The lowest BCUT2D eigenvalue weighted by molar-refractivity contribution is -0.131. The van der Waals surface area contributed by atoms with Crippen molar-refractivity contribution in [1.29, 1.82) is 0 Å². The van der Waals surface area contributed by atoms with Crippen LogP contribution < -0.4 is 5.73 Å². The summed E-state index contributed by atoms with van der Waals surface area (Å²) in [5, 5.41) is 0. The molecule has 1 saturated heterocycles. The van der Waals surface area contributed by atoms with Crippen LogP contribution in [0.4, 0.5) is 0 Å². The SMILES string of the molecule is COCCOCCC(=O)N1C[C@@H](N)[C@H](c2ccccc2)C1.Cl. The molecule has 1 aromatic rings. The van der Waals surface area contributed by atoms with Crippen LogP contribution in [0.25, 0.3) is 0 Å². The summed E-state index contributed by atoms with van der Waals surface area (Å²) >= 11 is 0. The van der Waals surface area contributed by atoms with E-state index in [9.17, 15) is 4.79 Å². The maximum absolute atomic E-state index is 12.2. The summed E-state index contributed by atoms with van der Waals surface area (Å²) in [7, 11) is 1.63. The molecule has 22 heavy (non-hydrogen) atoms. The predicted octanol–water partition coefficient (Wildman–Crippen LogP) is 1.41. The Kier molecular flexibility index (Phi) is 8.42. The zero-order chi connectivity index (χ0) is 15.1. The maximum Gasteiger partial charge on any atom is 0.224 e. The summed E-state index contributed by atoms with van der Waals surface area (Å²) in [5.41, 5.74) is 7.40. The van der Waals surface area contributed by atoms with Gasteiger partial charge in [0.25, 0.3) is 0 Å². The molecule has 0 aliphatic carbocycles. The number of nitrogens with two attached hydrogens (primary N) is 1. The molecule has 1 aromatic carbocycles. The van der Waals surface area contributed by atoms with E-state index in [4.69, 9.17) is 15.2 Å². The largest absolute Gasteiger partial charge is 0.382 e. The summed E-state index contributed by atoms with van der Waals surface area (Å²) in [6.07, 6.45) is 0.401. The van der Waals surface area contributed by atoms with Gasteiger partial charge in [0.1, 0.15) is 0 Å². The van der Waals surface area contributed by atoms with Crippen LogP contribution in [0.3, 0.4) is 0 Å². The van der Waals surface area contributed by atoms with E-state index in [0.717, 1.165) is 0 Å². The van der Waals surface area contributed by atoms with Gasteiger partial charge in [-0.05, 0) is 5.56 Å². The second-order valence-electron chi connectivity index (χ2n) is 5.33. The topological polar surface area (TPSA) is 64.8 Å². The maximum atomic E-state index is 12.2. The van der Waals surface area contributed by atoms with Gasteiger partial charge in [0.05, 0.1) is 26.2 Å². The highest BCUT2D eigenvalue weighted by molar-refractivity contribution is 5.85. The summed E-state index contributed by atoms with van der Waals surface area (Å²) in [6.45, 7) is 2.83. The molecule has 5 nitrogen and oxygen atoms in total. The van der Waals surface area contributed by atoms with E-state index in [1.807, 2.05) is 23.1 Å². The molecule has 2 N–H and O–H groups in total. The zero-order valence-corrected chi connectivity index (χ0v) is 13.8. The van der Waals surface area contributed by atoms with Crippen molar-refractivity contribution in [2.45, 2.75) is 18.4 Å². The number of likely N-dealkylation sites (tertiary alicyclic amines) is 1. The lowest BCUT2D eigenvalue weighted by atomic mass is 9.95. The van der Waals surface area contributed by atoms with E-state index in [-0.39, 0.29) is 30.3 Å². The predicted molar refractivity (Wildman–Crippen MR) is 88.3 cm³/mol. The molecule has 1 heterocycles. The number of benzene rings is 1. The number of hydrogen-bond donors (Lipinski definition) is 1. The zero-order valence-electron chi connectivity index (χ0n) is 12.9. The van der Waals surface area contributed by atoms with Crippen LogP contribution in [-0.2, 0) is 14.3 Å². The molecular weight excluding hydrogens is 304 g/mol. The molecule has 0 radical (unpaired) electrons. The molecule has 1 aliphatic heterocycles. The first-order chi connectivity index (χ1) is 10.2. The summed E-state index contributed by atoms with van der Waals surface area (Å²) in [4.78, 5) is 14.0. The number of carbonyl (C=O) groups is 1. The Labute approximate surface area is 138 Å². The summed E-state index contributed by atoms with van der Waals surface area (Å²) < 4.78 is 10.2. The van der Waals surface area contributed by atoms with E-state index < -0.39 is 0 Å². The first-order valence-corrected chi connectivity index (χ1v) is 7.37. The Morgan fingerprint density at radius 2 is 1.95 bits per heavy atom. The number of hydrogen-bond acceptors (Lipinski definition) is 4. The standard InChI is InChI=1S/C16H24N2O3.ClH/c1-20-9-10-21-8-7-16(19)18-11-14(15(17)12-18)13-5-3-2-4-6-13;/h2-6,14-15H,7-12,17H2,1H3;1H/t14-,15+;/m0./s1. The van der Waals surface area contributed by atoms with Crippen molar-refractivity contribution >= 4 is 18.3 Å². The Balaban J connectivity index is 0.00000242. The number of ether oxygens (including phenoxy) is 2. The van der Waals surface area contributed by atoms with Crippen molar-refractivity contribution in [2.24, 2.45) is 5.73 Å². The van der Waals surface area contributed by atoms with Gasteiger partial charge in [-0.1, -0.05) is 30.3 Å². The van der Waals surface area contributed by atoms with Crippen molar-refractivity contribution < 1.29 is 14.3 Å². The number of nitrogens with zero attached hydrogens (tertiary/aromatic N) is 1. The average molecular weight is 329 g/mol. The Morgan fingerprint density at radius 3 is 2.64 bits per heavy atom. The quantitative estimate of drug-likeness (QED) is 0.769. The summed E-state index contributed by atoms with van der Waals surface area (Å²) in [5.74, 6) is 0.339. The molecule has 2 atom stereocenters. The van der Waals surface area contributed by atoms with Crippen LogP contribution in [0.2, 0.25) is 0 Å². The van der Waals surface area contributed by atoms with Gasteiger partial charge in [0.15, 0.2) is 0 Å². The number of carbonyl (C=O) groups excluding carboxylic acids is 1. The van der Waals surface area contributed by atoms with Crippen LogP contribution in [0.5, 0.6) is 0 Å². The first-order valence-electron chi connectivity index (χ1n) is 7.37. The molecule has 0 saturated carbocycles. The smallest absolute Gasteiger partial charge is 0.224 e. The Hall–Kier alpha value is -1.14. The third-order valence-corrected chi connectivity index (χ3v) is 3.84. The lowest BCUT2D eigenvalue weighted by Crippen LogP contribution is -2.32. The number of rotatable bonds is 7. The van der Waals surface area contributed by atoms with Crippen molar-refractivity contribution in [2.75, 3.05) is 40.0 Å². The van der Waals surface area contributed by atoms with Gasteiger partial charge in [0.2, 0.25) is 5.91 Å². The minimum atomic E-state index is 0. The van der Waals surface area contributed by atoms with Crippen LogP contribution in [-0.4, -0.2) is 56.9 Å². The minimum Gasteiger partial charge on any atom is -0.382 e. The van der Waals surface area contributed by atoms with Gasteiger partial charge in [-0.2, -0.15) is 0 Å². The molecule has 1 fully saturated rings. The van der Waals surface area contributed by atoms with Crippen molar-refractivity contribution in [3.05, 3.63) is 35.9 Å². The highest BCUT2D eigenvalue weighted by atomic mass is 35.5. The fourth-order valence-electron chi connectivity index (χ4n) is 2.65. The summed E-state index contributed by atoms with van der Waals surface area (Å²) in [6, 6.07) is 10.2. The van der Waals surface area contributed by atoms with Gasteiger partial charge >= 0.3 is 0 Å². The molecule has 1 amide bonds. The van der Waals surface area contributed by atoms with Gasteiger partial charge in [-0.25, -0.2) is 0 Å². The molecule has 0 unspecified atom stereocenters. The molecule has 0 spiro atoms. The third kappa shape index (κ3) is 5.25. The van der Waals surface area contributed by atoms with Gasteiger partial charge in [0, 0.05) is 32.2 Å². The molecule has 0 aromatic heterocycles.